The minimum Gasteiger partial charge on any atom is -0.310 e. The van der Waals surface area contributed by atoms with Gasteiger partial charge in [-0.3, -0.25) is 14.2 Å². The molecule has 0 spiro atoms. The van der Waals surface area contributed by atoms with Crippen molar-refractivity contribution in [2.75, 3.05) is 11.9 Å². The first-order valence-electron chi connectivity index (χ1n) is 8.53. The van der Waals surface area contributed by atoms with E-state index in [4.69, 9.17) is 0 Å². The van der Waals surface area contributed by atoms with Crippen molar-refractivity contribution in [3.63, 3.8) is 0 Å². The Morgan fingerprint density at radius 2 is 1.69 bits per heavy atom. The molecule has 0 fully saturated rings. The van der Waals surface area contributed by atoms with Crippen LogP contribution in [-0.2, 0) is 6.18 Å². The fourth-order valence-electron chi connectivity index (χ4n) is 2.90. The van der Waals surface area contributed by atoms with Crippen molar-refractivity contribution >= 4 is 17.2 Å². The Hall–Kier alpha value is -3.75. The summed E-state index contributed by atoms with van der Waals surface area (Å²) in [6, 6.07) is 8.16. The van der Waals surface area contributed by atoms with E-state index in [-0.39, 0.29) is 11.6 Å². The van der Waals surface area contributed by atoms with E-state index in [1.165, 1.54) is 35.6 Å². The molecule has 146 valence electrons. The van der Waals surface area contributed by atoms with Crippen LogP contribution in [0.4, 0.5) is 18.9 Å². The van der Waals surface area contributed by atoms with Crippen LogP contribution in [0.3, 0.4) is 0 Å². The summed E-state index contributed by atoms with van der Waals surface area (Å²) in [5, 5.41) is 0. The van der Waals surface area contributed by atoms with Crippen molar-refractivity contribution in [2.45, 2.75) is 6.18 Å². The summed E-state index contributed by atoms with van der Waals surface area (Å²) in [6.45, 7) is 0. The number of imidazole rings is 1. The molecular formula is C20H14F3N5O. The van der Waals surface area contributed by atoms with E-state index >= 15 is 0 Å². The summed E-state index contributed by atoms with van der Waals surface area (Å²) in [6.07, 6.45) is 3.25. The van der Waals surface area contributed by atoms with Gasteiger partial charge in [0.25, 0.3) is 5.91 Å². The molecule has 0 unspecified atom stereocenters. The lowest BCUT2D eigenvalue weighted by Gasteiger charge is -2.16. The number of nitrogens with zero attached hydrogens (tertiary/aromatic N) is 5. The first kappa shape index (κ1) is 18.6. The van der Waals surface area contributed by atoms with Gasteiger partial charge in [-0.25, -0.2) is 9.97 Å². The van der Waals surface area contributed by atoms with E-state index in [9.17, 15) is 18.0 Å². The lowest BCUT2D eigenvalue weighted by molar-refractivity contribution is -0.137. The van der Waals surface area contributed by atoms with Gasteiger partial charge in [-0.2, -0.15) is 13.2 Å². The van der Waals surface area contributed by atoms with Gasteiger partial charge in [-0.1, -0.05) is 12.1 Å². The van der Waals surface area contributed by atoms with Crippen LogP contribution >= 0.6 is 0 Å². The molecule has 0 saturated carbocycles. The molecule has 1 aromatic carbocycles. The van der Waals surface area contributed by atoms with Crippen LogP contribution in [0.15, 0.2) is 67.4 Å². The van der Waals surface area contributed by atoms with Crippen LogP contribution in [0.25, 0.3) is 16.9 Å². The molecule has 9 heteroatoms. The largest absolute Gasteiger partial charge is 0.416 e. The number of aromatic nitrogens is 4. The van der Waals surface area contributed by atoms with Crippen molar-refractivity contribution in [1.82, 2.24) is 19.4 Å². The average molecular weight is 397 g/mol. The number of benzene rings is 1. The van der Waals surface area contributed by atoms with Gasteiger partial charge in [0.2, 0.25) is 0 Å². The SMILES string of the molecule is CN(C(=O)c1cn2c(-c3ccc(C(F)(F)F)cc3)cnc2cn1)c1ccncc1. The zero-order valence-corrected chi connectivity index (χ0v) is 15.1. The predicted octanol–water partition coefficient (Wildman–Crippen LogP) is 4.09. The van der Waals surface area contributed by atoms with Crippen molar-refractivity contribution < 1.29 is 18.0 Å². The number of anilines is 1. The van der Waals surface area contributed by atoms with Crippen molar-refractivity contribution in [2.24, 2.45) is 0 Å². The van der Waals surface area contributed by atoms with Gasteiger partial charge >= 0.3 is 6.18 Å². The van der Waals surface area contributed by atoms with Gasteiger partial charge in [0.1, 0.15) is 5.69 Å². The van der Waals surface area contributed by atoms with Crippen LogP contribution in [0.5, 0.6) is 0 Å². The maximum atomic E-state index is 12.8. The van der Waals surface area contributed by atoms with Crippen LogP contribution in [0.2, 0.25) is 0 Å². The summed E-state index contributed by atoms with van der Waals surface area (Å²) < 4.78 is 40.0. The number of pyridine rings is 1. The standard InChI is InChI=1S/C20H14F3N5O/c1-27(15-6-8-24-9-7-15)19(29)16-12-28-17(10-26-18(28)11-25-16)13-2-4-14(5-3-13)20(21,22)23/h2-12H,1H3. The van der Waals surface area contributed by atoms with Gasteiger partial charge in [0, 0.05) is 36.9 Å². The van der Waals surface area contributed by atoms with Crippen LogP contribution in [-0.4, -0.2) is 32.3 Å². The van der Waals surface area contributed by atoms with E-state index < -0.39 is 11.7 Å². The Morgan fingerprint density at radius 3 is 2.34 bits per heavy atom. The number of hydrogen-bond acceptors (Lipinski definition) is 4. The predicted molar refractivity (Wildman–Crippen MR) is 100 cm³/mol. The van der Waals surface area contributed by atoms with Gasteiger partial charge in [0.15, 0.2) is 5.65 Å². The molecule has 0 bridgehead atoms. The molecule has 4 rings (SSSR count). The van der Waals surface area contributed by atoms with Crippen molar-refractivity contribution in [1.29, 1.82) is 0 Å². The van der Waals surface area contributed by atoms with E-state index in [0.29, 0.717) is 22.6 Å². The smallest absolute Gasteiger partial charge is 0.310 e. The van der Waals surface area contributed by atoms with Crippen molar-refractivity contribution in [3.8, 4) is 11.3 Å². The Balaban J connectivity index is 1.70. The summed E-state index contributed by atoms with van der Waals surface area (Å²) in [5.41, 5.74) is 1.66. The molecule has 29 heavy (non-hydrogen) atoms. The molecule has 0 N–H and O–H groups in total. The summed E-state index contributed by atoms with van der Waals surface area (Å²) >= 11 is 0. The first-order valence-corrected chi connectivity index (χ1v) is 8.53. The second kappa shape index (κ2) is 7.01. The van der Waals surface area contributed by atoms with Gasteiger partial charge in [-0.15, -0.1) is 0 Å². The summed E-state index contributed by atoms with van der Waals surface area (Å²) in [7, 11) is 1.62. The minimum absolute atomic E-state index is 0.169. The maximum Gasteiger partial charge on any atom is 0.416 e. The number of hydrogen-bond donors (Lipinski definition) is 0. The molecule has 4 aromatic rings. The molecule has 0 radical (unpaired) electrons. The normalized spacial score (nSPS) is 11.6. The van der Waals surface area contributed by atoms with E-state index in [2.05, 4.69) is 15.0 Å². The van der Waals surface area contributed by atoms with E-state index in [0.717, 1.165) is 12.1 Å². The van der Waals surface area contributed by atoms with E-state index in [1.807, 2.05) is 0 Å². The van der Waals surface area contributed by atoms with Crippen LogP contribution in [0.1, 0.15) is 16.1 Å². The topological polar surface area (TPSA) is 63.4 Å². The number of halogens is 3. The second-order valence-corrected chi connectivity index (χ2v) is 6.29. The lowest BCUT2D eigenvalue weighted by Crippen LogP contribution is -2.27. The highest BCUT2D eigenvalue weighted by molar-refractivity contribution is 6.04. The van der Waals surface area contributed by atoms with Gasteiger partial charge in [-0.05, 0) is 24.3 Å². The summed E-state index contributed by atoms with van der Waals surface area (Å²) in [5.74, 6) is -0.342. The molecule has 0 aliphatic heterocycles. The van der Waals surface area contributed by atoms with Gasteiger partial charge in [0.05, 0.1) is 23.7 Å². The highest BCUT2D eigenvalue weighted by Crippen LogP contribution is 2.31. The number of carbonyl (C=O) groups is 1. The molecule has 0 atom stereocenters. The third kappa shape index (κ3) is 3.54. The Kier molecular flexibility index (Phi) is 4.50. The number of carbonyl (C=O) groups excluding carboxylic acids is 1. The lowest BCUT2D eigenvalue weighted by atomic mass is 10.1. The van der Waals surface area contributed by atoms with Crippen molar-refractivity contribution in [3.05, 3.63) is 78.6 Å². The number of fused-ring (bicyclic) bond motifs is 1. The zero-order valence-electron chi connectivity index (χ0n) is 15.1. The molecule has 1 amide bonds. The molecule has 0 saturated heterocycles. The zero-order chi connectivity index (χ0) is 20.6. The fraction of sp³-hybridized carbons (Fsp3) is 0.100. The number of rotatable bonds is 3. The van der Waals surface area contributed by atoms with Crippen LogP contribution in [0, 0.1) is 0 Å². The highest BCUT2D eigenvalue weighted by Gasteiger charge is 2.30. The Labute approximate surface area is 163 Å². The third-order valence-corrected chi connectivity index (χ3v) is 4.48. The van der Waals surface area contributed by atoms with Gasteiger partial charge < -0.3 is 4.90 Å². The van der Waals surface area contributed by atoms with E-state index in [1.54, 1.807) is 36.0 Å². The number of alkyl halides is 3. The summed E-state index contributed by atoms with van der Waals surface area (Å²) in [4.78, 5) is 26.5. The average Bonchev–Trinajstić information content (AvgIpc) is 3.16. The molecule has 0 aliphatic carbocycles. The molecule has 6 nitrogen and oxygen atoms in total. The minimum atomic E-state index is -4.40. The fourth-order valence-corrected chi connectivity index (χ4v) is 2.90. The molecule has 0 aliphatic rings. The first-order chi connectivity index (χ1) is 13.8. The highest BCUT2D eigenvalue weighted by atomic mass is 19.4. The third-order valence-electron chi connectivity index (χ3n) is 4.48. The molecule has 3 aromatic heterocycles. The Bertz CT molecular complexity index is 1170. The second-order valence-electron chi connectivity index (χ2n) is 6.29. The molecule has 3 heterocycles. The maximum absolute atomic E-state index is 12.8. The number of amides is 1. The van der Waals surface area contributed by atoms with Crippen LogP contribution < -0.4 is 4.90 Å². The monoisotopic (exact) mass is 397 g/mol. The Morgan fingerprint density at radius 1 is 1.00 bits per heavy atom. The quantitative estimate of drug-likeness (QED) is 0.523. The molecular weight excluding hydrogens is 383 g/mol.